The summed E-state index contributed by atoms with van der Waals surface area (Å²) < 4.78 is 9.85. The normalized spacial score (nSPS) is 10.7. The Labute approximate surface area is 90.8 Å². The summed E-state index contributed by atoms with van der Waals surface area (Å²) in [5.41, 5.74) is 0. The molecule has 90 valence electrons. The standard InChI is InChI=1S/C10H21NO4/c1-14-10(15-2)8-11-9(13)6-4-3-5-7-12/h10,12H,3-8H2,1-2H3,(H,11,13). The summed E-state index contributed by atoms with van der Waals surface area (Å²) in [4.78, 5) is 11.3. The van der Waals surface area contributed by atoms with Gasteiger partial charge in [0.05, 0.1) is 6.54 Å². The van der Waals surface area contributed by atoms with Crippen molar-refractivity contribution in [1.29, 1.82) is 0 Å². The number of methoxy groups -OCH3 is 2. The Bertz CT molecular complexity index is 160. The lowest BCUT2D eigenvalue weighted by atomic mass is 10.2. The fraction of sp³-hybridized carbons (Fsp3) is 0.900. The number of carbonyl (C=O) groups excluding carboxylic acids is 1. The molecule has 0 unspecified atom stereocenters. The van der Waals surface area contributed by atoms with Crippen LogP contribution in [0.2, 0.25) is 0 Å². The van der Waals surface area contributed by atoms with E-state index in [0.717, 1.165) is 19.3 Å². The molecule has 0 atom stereocenters. The van der Waals surface area contributed by atoms with Crippen LogP contribution in [0.15, 0.2) is 0 Å². The summed E-state index contributed by atoms with van der Waals surface area (Å²) in [6.07, 6.45) is 2.54. The van der Waals surface area contributed by atoms with Crippen LogP contribution in [0.1, 0.15) is 25.7 Å². The van der Waals surface area contributed by atoms with E-state index in [9.17, 15) is 4.79 Å². The van der Waals surface area contributed by atoms with E-state index in [-0.39, 0.29) is 18.8 Å². The van der Waals surface area contributed by atoms with Crippen molar-refractivity contribution >= 4 is 5.91 Å². The summed E-state index contributed by atoms with van der Waals surface area (Å²) >= 11 is 0. The van der Waals surface area contributed by atoms with Crippen LogP contribution in [0.25, 0.3) is 0 Å². The number of ether oxygens (including phenoxy) is 2. The van der Waals surface area contributed by atoms with Crippen molar-refractivity contribution in [3.8, 4) is 0 Å². The monoisotopic (exact) mass is 219 g/mol. The molecule has 0 aliphatic heterocycles. The van der Waals surface area contributed by atoms with Gasteiger partial charge in [-0.1, -0.05) is 6.42 Å². The first-order chi connectivity index (χ1) is 7.24. The average Bonchev–Trinajstić information content (AvgIpc) is 2.26. The van der Waals surface area contributed by atoms with Gasteiger partial charge in [0, 0.05) is 27.2 Å². The molecule has 0 aliphatic rings. The molecule has 2 N–H and O–H groups in total. The molecule has 0 aromatic carbocycles. The second-order valence-electron chi connectivity index (χ2n) is 3.24. The van der Waals surface area contributed by atoms with Gasteiger partial charge in [0.25, 0.3) is 0 Å². The Morgan fingerprint density at radius 3 is 2.47 bits per heavy atom. The fourth-order valence-corrected chi connectivity index (χ4v) is 1.12. The molecule has 0 aromatic rings. The summed E-state index contributed by atoms with van der Waals surface area (Å²) in [7, 11) is 3.06. The average molecular weight is 219 g/mol. The van der Waals surface area contributed by atoms with Crippen LogP contribution < -0.4 is 5.32 Å². The van der Waals surface area contributed by atoms with E-state index in [4.69, 9.17) is 14.6 Å². The van der Waals surface area contributed by atoms with Crippen LogP contribution in [0, 0.1) is 0 Å². The van der Waals surface area contributed by atoms with E-state index < -0.39 is 0 Å². The third kappa shape index (κ3) is 8.35. The zero-order valence-electron chi connectivity index (χ0n) is 9.49. The smallest absolute Gasteiger partial charge is 0.220 e. The third-order valence-corrected chi connectivity index (χ3v) is 2.05. The maximum atomic E-state index is 11.3. The number of carbonyl (C=O) groups is 1. The van der Waals surface area contributed by atoms with E-state index in [0.29, 0.717) is 13.0 Å². The van der Waals surface area contributed by atoms with Crippen molar-refractivity contribution in [2.45, 2.75) is 32.0 Å². The number of amides is 1. The van der Waals surface area contributed by atoms with E-state index in [1.807, 2.05) is 0 Å². The molecule has 0 rings (SSSR count). The molecule has 0 saturated heterocycles. The molecule has 5 heteroatoms. The van der Waals surface area contributed by atoms with Gasteiger partial charge in [-0.25, -0.2) is 0 Å². The second-order valence-corrected chi connectivity index (χ2v) is 3.24. The second kappa shape index (κ2) is 9.89. The summed E-state index contributed by atoms with van der Waals surface area (Å²) in [6.45, 7) is 0.558. The van der Waals surface area contributed by atoms with Gasteiger partial charge in [-0.05, 0) is 12.8 Å². The van der Waals surface area contributed by atoms with Crippen LogP contribution in [-0.4, -0.2) is 44.7 Å². The van der Waals surface area contributed by atoms with Crippen molar-refractivity contribution in [3.63, 3.8) is 0 Å². The first kappa shape index (κ1) is 14.3. The minimum absolute atomic E-state index is 0.00737. The molecule has 0 radical (unpaired) electrons. The Morgan fingerprint density at radius 2 is 1.93 bits per heavy atom. The molecule has 15 heavy (non-hydrogen) atoms. The predicted molar refractivity (Wildman–Crippen MR) is 56.4 cm³/mol. The fourth-order valence-electron chi connectivity index (χ4n) is 1.12. The highest BCUT2D eigenvalue weighted by atomic mass is 16.7. The van der Waals surface area contributed by atoms with E-state index in [1.165, 1.54) is 14.2 Å². The third-order valence-electron chi connectivity index (χ3n) is 2.05. The van der Waals surface area contributed by atoms with Gasteiger partial charge >= 0.3 is 0 Å². The van der Waals surface area contributed by atoms with Crippen molar-refractivity contribution in [2.24, 2.45) is 0 Å². The minimum atomic E-state index is -0.383. The maximum Gasteiger partial charge on any atom is 0.220 e. The maximum absolute atomic E-state index is 11.3. The predicted octanol–water partition coefficient (Wildman–Crippen LogP) is 0.274. The summed E-state index contributed by atoms with van der Waals surface area (Å²) in [5.74, 6) is -0.00737. The number of aliphatic hydroxyl groups excluding tert-OH is 1. The lowest BCUT2D eigenvalue weighted by molar-refractivity contribution is -0.127. The lowest BCUT2D eigenvalue weighted by Gasteiger charge is -2.13. The topological polar surface area (TPSA) is 67.8 Å². The van der Waals surface area contributed by atoms with E-state index in [2.05, 4.69) is 5.32 Å². The van der Waals surface area contributed by atoms with Gasteiger partial charge in [-0.3, -0.25) is 4.79 Å². The number of unbranched alkanes of at least 4 members (excludes halogenated alkanes) is 2. The minimum Gasteiger partial charge on any atom is -0.396 e. The molecular weight excluding hydrogens is 198 g/mol. The molecule has 0 aliphatic carbocycles. The SMILES string of the molecule is COC(CNC(=O)CCCCCO)OC. The number of hydrogen-bond donors (Lipinski definition) is 2. The molecule has 0 fully saturated rings. The number of nitrogens with one attached hydrogen (secondary N) is 1. The highest BCUT2D eigenvalue weighted by Gasteiger charge is 2.07. The Hall–Kier alpha value is -0.650. The van der Waals surface area contributed by atoms with Crippen LogP contribution in [0.5, 0.6) is 0 Å². The molecule has 0 saturated carbocycles. The number of rotatable bonds is 9. The van der Waals surface area contributed by atoms with Gasteiger partial charge in [0.15, 0.2) is 6.29 Å². The lowest BCUT2D eigenvalue weighted by Crippen LogP contribution is -2.33. The molecule has 0 bridgehead atoms. The van der Waals surface area contributed by atoms with Crippen LogP contribution >= 0.6 is 0 Å². The largest absolute Gasteiger partial charge is 0.396 e. The van der Waals surface area contributed by atoms with Crippen molar-refractivity contribution < 1.29 is 19.4 Å². The van der Waals surface area contributed by atoms with E-state index in [1.54, 1.807) is 0 Å². The highest BCUT2D eigenvalue weighted by Crippen LogP contribution is 1.99. The molecule has 0 aromatic heterocycles. The summed E-state index contributed by atoms with van der Waals surface area (Å²) in [6, 6.07) is 0. The highest BCUT2D eigenvalue weighted by molar-refractivity contribution is 5.75. The van der Waals surface area contributed by atoms with Crippen LogP contribution in [0.3, 0.4) is 0 Å². The number of aliphatic hydroxyl groups is 1. The van der Waals surface area contributed by atoms with Gasteiger partial charge in [-0.15, -0.1) is 0 Å². The Balaban J connectivity index is 3.40. The quantitative estimate of drug-likeness (QED) is 0.431. The molecule has 0 spiro atoms. The van der Waals surface area contributed by atoms with Gasteiger partial charge in [-0.2, -0.15) is 0 Å². The van der Waals surface area contributed by atoms with Crippen molar-refractivity contribution in [2.75, 3.05) is 27.4 Å². The van der Waals surface area contributed by atoms with Gasteiger partial charge in [0.2, 0.25) is 5.91 Å². The van der Waals surface area contributed by atoms with E-state index >= 15 is 0 Å². The summed E-state index contributed by atoms with van der Waals surface area (Å²) in [5, 5.41) is 11.2. The molecular formula is C10H21NO4. The first-order valence-corrected chi connectivity index (χ1v) is 5.17. The Kier molecular flexibility index (Phi) is 9.46. The van der Waals surface area contributed by atoms with Crippen molar-refractivity contribution in [1.82, 2.24) is 5.32 Å². The Morgan fingerprint density at radius 1 is 1.27 bits per heavy atom. The number of hydrogen-bond acceptors (Lipinski definition) is 4. The van der Waals surface area contributed by atoms with Gasteiger partial charge in [0.1, 0.15) is 0 Å². The molecule has 5 nitrogen and oxygen atoms in total. The zero-order valence-corrected chi connectivity index (χ0v) is 9.49. The van der Waals surface area contributed by atoms with Gasteiger partial charge < -0.3 is 19.9 Å². The van der Waals surface area contributed by atoms with Crippen molar-refractivity contribution in [3.05, 3.63) is 0 Å². The molecule has 0 heterocycles. The van der Waals surface area contributed by atoms with Crippen LogP contribution in [0.4, 0.5) is 0 Å². The molecule has 1 amide bonds. The van der Waals surface area contributed by atoms with Crippen LogP contribution in [-0.2, 0) is 14.3 Å². The zero-order chi connectivity index (χ0) is 11.5. The first-order valence-electron chi connectivity index (χ1n) is 5.17.